The molecule has 0 aliphatic heterocycles. The number of halogens is 3. The third-order valence-corrected chi connectivity index (χ3v) is 2.45. The highest BCUT2D eigenvalue weighted by Crippen LogP contribution is 2.30. The number of hydrogen-bond acceptors (Lipinski definition) is 4. The second-order valence-corrected chi connectivity index (χ2v) is 3.87. The fraction of sp³-hybridized carbons (Fsp3) is 0.182. The first-order valence-corrected chi connectivity index (χ1v) is 5.28. The summed E-state index contributed by atoms with van der Waals surface area (Å²) in [5.41, 5.74) is -0.923. The van der Waals surface area contributed by atoms with Gasteiger partial charge in [0.15, 0.2) is 0 Å². The van der Waals surface area contributed by atoms with Crippen molar-refractivity contribution < 1.29 is 22.5 Å². The van der Waals surface area contributed by atoms with Gasteiger partial charge in [-0.1, -0.05) is 0 Å². The van der Waals surface area contributed by atoms with E-state index in [2.05, 4.69) is 4.42 Å². The van der Waals surface area contributed by atoms with Crippen LogP contribution in [0.1, 0.15) is 11.5 Å². The van der Waals surface area contributed by atoms with Crippen LogP contribution < -0.4 is 5.56 Å². The van der Waals surface area contributed by atoms with Crippen molar-refractivity contribution in [1.82, 2.24) is 4.57 Å². The van der Waals surface area contributed by atoms with Crippen LogP contribution in [-0.2, 0) is 12.7 Å². The number of rotatable bonds is 3. The zero-order valence-corrected chi connectivity index (χ0v) is 9.76. The third kappa shape index (κ3) is 2.87. The van der Waals surface area contributed by atoms with Gasteiger partial charge in [-0.05, 0) is 12.1 Å². The van der Waals surface area contributed by atoms with Crippen molar-refractivity contribution in [2.24, 2.45) is 0 Å². The number of furan rings is 1. The van der Waals surface area contributed by atoms with E-state index in [4.69, 9.17) is 0 Å². The van der Waals surface area contributed by atoms with E-state index in [0.29, 0.717) is 0 Å². The largest absolute Gasteiger partial charge is 0.455 e. The van der Waals surface area contributed by atoms with Crippen molar-refractivity contribution in [3.05, 3.63) is 62.5 Å². The molecule has 20 heavy (non-hydrogen) atoms. The normalized spacial score (nSPS) is 11.6. The number of alkyl halides is 3. The number of pyridine rings is 1. The molecule has 0 fully saturated rings. The minimum atomic E-state index is -4.62. The molecular weight excluding hydrogens is 281 g/mol. The summed E-state index contributed by atoms with van der Waals surface area (Å²) in [7, 11) is 0. The quantitative estimate of drug-likeness (QED) is 0.641. The second-order valence-electron chi connectivity index (χ2n) is 3.87. The highest BCUT2D eigenvalue weighted by atomic mass is 19.4. The topological polar surface area (TPSA) is 78.3 Å². The lowest BCUT2D eigenvalue weighted by molar-refractivity contribution is -0.385. The molecule has 0 spiro atoms. The van der Waals surface area contributed by atoms with Crippen molar-refractivity contribution >= 4 is 5.69 Å². The average Bonchev–Trinajstić information content (AvgIpc) is 2.80. The van der Waals surface area contributed by atoms with E-state index in [0.717, 1.165) is 35.0 Å². The van der Waals surface area contributed by atoms with Crippen LogP contribution in [-0.4, -0.2) is 9.49 Å². The van der Waals surface area contributed by atoms with Crippen molar-refractivity contribution in [1.29, 1.82) is 0 Å². The Balaban J connectivity index is 2.30. The van der Waals surface area contributed by atoms with Gasteiger partial charge in [0, 0.05) is 12.1 Å². The number of aromatic nitrogens is 1. The number of nitrogens with zero attached hydrogens (tertiary/aromatic N) is 2. The standard InChI is InChI=1S/C11H7F3N2O4/c12-11(13,14)9-3-2-8(20-9)6-15-5-7(16(18)19)1-4-10(15)17/h1-5H,6H2. The maximum absolute atomic E-state index is 12.3. The van der Waals surface area contributed by atoms with Gasteiger partial charge >= 0.3 is 6.18 Å². The van der Waals surface area contributed by atoms with Crippen LogP contribution in [0.2, 0.25) is 0 Å². The molecule has 2 heterocycles. The minimum Gasteiger partial charge on any atom is -0.455 e. The van der Waals surface area contributed by atoms with Gasteiger partial charge in [0.2, 0.25) is 5.76 Å². The Labute approximate surface area is 109 Å². The molecule has 0 bridgehead atoms. The molecule has 9 heteroatoms. The van der Waals surface area contributed by atoms with E-state index in [1.165, 1.54) is 0 Å². The molecule has 0 saturated heterocycles. The maximum Gasteiger partial charge on any atom is 0.449 e. The molecule has 6 nitrogen and oxygen atoms in total. The lowest BCUT2D eigenvalue weighted by Gasteiger charge is -2.03. The summed E-state index contributed by atoms with van der Waals surface area (Å²) < 4.78 is 42.5. The predicted molar refractivity (Wildman–Crippen MR) is 60.2 cm³/mol. The molecule has 2 aromatic rings. The maximum atomic E-state index is 12.3. The summed E-state index contributed by atoms with van der Waals surface area (Å²) in [5.74, 6) is -1.31. The molecule has 0 aliphatic rings. The van der Waals surface area contributed by atoms with Gasteiger partial charge in [-0.15, -0.1) is 0 Å². The Morgan fingerprint density at radius 2 is 1.95 bits per heavy atom. The van der Waals surface area contributed by atoms with E-state index >= 15 is 0 Å². The first-order valence-electron chi connectivity index (χ1n) is 5.28. The first kappa shape index (κ1) is 13.8. The highest BCUT2D eigenvalue weighted by molar-refractivity contribution is 5.25. The van der Waals surface area contributed by atoms with Gasteiger partial charge in [-0.25, -0.2) is 0 Å². The molecule has 0 amide bonds. The van der Waals surface area contributed by atoms with Crippen molar-refractivity contribution in [3.8, 4) is 0 Å². The zero-order chi connectivity index (χ0) is 14.9. The van der Waals surface area contributed by atoms with Crippen LogP contribution >= 0.6 is 0 Å². The van der Waals surface area contributed by atoms with E-state index in [9.17, 15) is 28.1 Å². The fourth-order valence-electron chi connectivity index (χ4n) is 1.53. The lowest BCUT2D eigenvalue weighted by Crippen LogP contribution is -2.19. The smallest absolute Gasteiger partial charge is 0.449 e. The Hall–Kier alpha value is -2.58. The molecule has 0 N–H and O–H groups in total. The van der Waals surface area contributed by atoms with Gasteiger partial charge in [-0.2, -0.15) is 13.2 Å². The monoisotopic (exact) mass is 288 g/mol. The second kappa shape index (κ2) is 4.83. The average molecular weight is 288 g/mol. The lowest BCUT2D eigenvalue weighted by atomic mass is 10.3. The summed E-state index contributed by atoms with van der Waals surface area (Å²) in [6.45, 7) is -0.323. The predicted octanol–water partition coefficient (Wildman–Crippen LogP) is 2.42. The summed E-state index contributed by atoms with van der Waals surface area (Å²) in [6.07, 6.45) is -3.68. The molecule has 0 radical (unpaired) electrons. The minimum absolute atomic E-state index is 0.125. The number of nitro groups is 1. The summed E-state index contributed by atoms with van der Waals surface area (Å²) in [5, 5.41) is 10.6. The molecule has 0 saturated carbocycles. The molecular formula is C11H7F3N2O4. The highest BCUT2D eigenvalue weighted by Gasteiger charge is 2.34. The molecule has 0 atom stereocenters. The van der Waals surface area contributed by atoms with Gasteiger partial charge < -0.3 is 8.98 Å². The SMILES string of the molecule is O=c1ccc([N+](=O)[O-])cn1Cc1ccc(C(F)(F)F)o1. The van der Waals surface area contributed by atoms with Crippen molar-refractivity contribution in [2.45, 2.75) is 12.7 Å². The van der Waals surface area contributed by atoms with E-state index < -0.39 is 22.4 Å². The fourth-order valence-corrected chi connectivity index (χ4v) is 1.53. The molecule has 0 aromatic carbocycles. The van der Waals surface area contributed by atoms with Crippen LogP contribution in [0.15, 0.2) is 39.7 Å². The summed E-state index contributed by atoms with van der Waals surface area (Å²) in [6, 6.07) is 3.78. The van der Waals surface area contributed by atoms with Gasteiger partial charge in [0.1, 0.15) is 5.76 Å². The molecule has 0 aliphatic carbocycles. The van der Waals surface area contributed by atoms with Gasteiger partial charge in [0.25, 0.3) is 11.2 Å². The van der Waals surface area contributed by atoms with E-state index in [1.807, 2.05) is 0 Å². The molecule has 2 rings (SSSR count). The van der Waals surface area contributed by atoms with Crippen LogP contribution in [0, 0.1) is 10.1 Å². The van der Waals surface area contributed by atoms with Crippen molar-refractivity contribution in [3.63, 3.8) is 0 Å². The van der Waals surface area contributed by atoms with Crippen molar-refractivity contribution in [2.75, 3.05) is 0 Å². The Morgan fingerprint density at radius 1 is 1.25 bits per heavy atom. The summed E-state index contributed by atoms with van der Waals surface area (Å²) in [4.78, 5) is 21.3. The van der Waals surface area contributed by atoms with E-state index in [-0.39, 0.29) is 18.0 Å². The zero-order valence-electron chi connectivity index (χ0n) is 9.76. The van der Waals surface area contributed by atoms with Crippen LogP contribution in [0.4, 0.5) is 18.9 Å². The Morgan fingerprint density at radius 3 is 2.50 bits per heavy atom. The third-order valence-electron chi connectivity index (χ3n) is 2.45. The van der Waals surface area contributed by atoms with Gasteiger partial charge in [-0.3, -0.25) is 14.9 Å². The van der Waals surface area contributed by atoms with Gasteiger partial charge in [0.05, 0.1) is 17.7 Å². The Kier molecular flexibility index (Phi) is 3.35. The van der Waals surface area contributed by atoms with Crippen LogP contribution in [0.3, 0.4) is 0 Å². The molecule has 2 aromatic heterocycles. The first-order chi connectivity index (χ1) is 9.27. The summed E-state index contributed by atoms with van der Waals surface area (Å²) >= 11 is 0. The number of hydrogen-bond donors (Lipinski definition) is 0. The molecule has 0 unspecified atom stereocenters. The van der Waals surface area contributed by atoms with Crippen LogP contribution in [0.5, 0.6) is 0 Å². The van der Waals surface area contributed by atoms with Crippen LogP contribution in [0.25, 0.3) is 0 Å². The Bertz CT molecular complexity index is 702. The van der Waals surface area contributed by atoms with E-state index in [1.54, 1.807) is 0 Å². The molecule has 106 valence electrons.